The van der Waals surface area contributed by atoms with Crippen LogP contribution in [-0.4, -0.2) is 0 Å². The second-order valence-electron chi connectivity index (χ2n) is 3.91. The van der Waals surface area contributed by atoms with Crippen molar-refractivity contribution in [3.63, 3.8) is 0 Å². The minimum Gasteiger partial charge on any atom is -0.207 e. The van der Waals surface area contributed by atoms with Gasteiger partial charge in [0.05, 0.1) is 0 Å². The van der Waals surface area contributed by atoms with Gasteiger partial charge in [0, 0.05) is 0 Å². The molecule has 1 heteroatoms. The second-order valence-corrected chi connectivity index (χ2v) is 3.91. The van der Waals surface area contributed by atoms with Gasteiger partial charge < -0.3 is 0 Å². The van der Waals surface area contributed by atoms with Gasteiger partial charge in [-0.3, -0.25) is 0 Å². The molecule has 0 heterocycles. The van der Waals surface area contributed by atoms with E-state index < -0.39 is 0 Å². The standard InChI is InChI=1S/C13H19F/c1-3-4-7-11(2)12-8-5-6-9-13(14)10-12/h6,8-11H,3-5,7H2,1-2H3. The number of unbranched alkanes of at least 4 members (excludes halogenated alkanes) is 1. The molecule has 0 fully saturated rings. The zero-order valence-corrected chi connectivity index (χ0v) is 9.09. The molecule has 0 amide bonds. The van der Waals surface area contributed by atoms with E-state index in [2.05, 4.69) is 19.9 Å². The molecular formula is C13H19F. The Balaban J connectivity index is 2.58. The first kappa shape index (κ1) is 11.2. The number of hydrogen-bond donors (Lipinski definition) is 0. The maximum Gasteiger partial charge on any atom is 0.123 e. The molecule has 0 saturated carbocycles. The number of halogens is 1. The third-order valence-corrected chi connectivity index (χ3v) is 2.63. The average Bonchev–Trinajstić information content (AvgIpc) is 2.39. The monoisotopic (exact) mass is 194 g/mol. The minimum absolute atomic E-state index is 0.114. The fourth-order valence-corrected chi connectivity index (χ4v) is 1.67. The van der Waals surface area contributed by atoms with Crippen LogP contribution < -0.4 is 0 Å². The Morgan fingerprint density at radius 1 is 1.50 bits per heavy atom. The normalized spacial score (nSPS) is 18.5. The van der Waals surface area contributed by atoms with E-state index in [1.165, 1.54) is 12.8 Å². The van der Waals surface area contributed by atoms with Crippen molar-refractivity contribution < 1.29 is 4.39 Å². The lowest BCUT2D eigenvalue weighted by atomic mass is 9.94. The van der Waals surface area contributed by atoms with Gasteiger partial charge >= 0.3 is 0 Å². The molecule has 1 atom stereocenters. The van der Waals surface area contributed by atoms with Gasteiger partial charge in [-0.05, 0) is 36.5 Å². The lowest BCUT2D eigenvalue weighted by molar-refractivity contribution is 0.576. The van der Waals surface area contributed by atoms with Gasteiger partial charge in [-0.2, -0.15) is 0 Å². The zero-order valence-electron chi connectivity index (χ0n) is 9.09. The summed E-state index contributed by atoms with van der Waals surface area (Å²) in [6.45, 7) is 4.36. The molecule has 1 rings (SSSR count). The Hall–Kier alpha value is -0.850. The van der Waals surface area contributed by atoms with Crippen LogP contribution >= 0.6 is 0 Å². The highest BCUT2D eigenvalue weighted by molar-refractivity contribution is 5.31. The van der Waals surface area contributed by atoms with Crippen LogP contribution in [0.5, 0.6) is 0 Å². The summed E-state index contributed by atoms with van der Waals surface area (Å²) in [4.78, 5) is 0. The molecule has 0 aliphatic heterocycles. The fourth-order valence-electron chi connectivity index (χ4n) is 1.67. The third-order valence-electron chi connectivity index (χ3n) is 2.63. The molecule has 1 unspecified atom stereocenters. The first-order valence-corrected chi connectivity index (χ1v) is 5.47. The summed E-state index contributed by atoms with van der Waals surface area (Å²) in [5, 5.41) is 0. The fraction of sp³-hybridized carbons (Fsp3) is 0.538. The van der Waals surface area contributed by atoms with E-state index in [1.807, 2.05) is 6.08 Å². The number of hydrogen-bond acceptors (Lipinski definition) is 0. The second kappa shape index (κ2) is 5.79. The molecule has 14 heavy (non-hydrogen) atoms. The average molecular weight is 194 g/mol. The summed E-state index contributed by atoms with van der Waals surface area (Å²) in [7, 11) is 0. The van der Waals surface area contributed by atoms with E-state index >= 15 is 0 Å². The van der Waals surface area contributed by atoms with Gasteiger partial charge in [-0.15, -0.1) is 0 Å². The SMILES string of the molecule is CCCCC(C)C1=CCC=CC(F)=C1. The van der Waals surface area contributed by atoms with Crippen LogP contribution in [0.4, 0.5) is 4.39 Å². The summed E-state index contributed by atoms with van der Waals surface area (Å²) in [6, 6.07) is 0. The first-order chi connectivity index (χ1) is 6.74. The van der Waals surface area contributed by atoms with Gasteiger partial charge in [0.25, 0.3) is 0 Å². The Morgan fingerprint density at radius 2 is 2.29 bits per heavy atom. The van der Waals surface area contributed by atoms with Crippen molar-refractivity contribution in [1.29, 1.82) is 0 Å². The number of rotatable bonds is 4. The maximum absolute atomic E-state index is 13.1. The smallest absolute Gasteiger partial charge is 0.123 e. The highest BCUT2D eigenvalue weighted by Crippen LogP contribution is 2.23. The molecule has 0 aromatic rings. The van der Waals surface area contributed by atoms with E-state index in [-0.39, 0.29) is 5.83 Å². The molecule has 78 valence electrons. The molecule has 0 nitrogen and oxygen atoms in total. The van der Waals surface area contributed by atoms with Crippen molar-refractivity contribution >= 4 is 0 Å². The van der Waals surface area contributed by atoms with Crippen molar-refractivity contribution in [3.8, 4) is 0 Å². The molecule has 1 aliphatic carbocycles. The van der Waals surface area contributed by atoms with E-state index in [0.29, 0.717) is 5.92 Å². The van der Waals surface area contributed by atoms with Crippen molar-refractivity contribution in [3.05, 3.63) is 35.7 Å². The van der Waals surface area contributed by atoms with Crippen LogP contribution in [0.2, 0.25) is 0 Å². The summed E-state index contributed by atoms with van der Waals surface area (Å²) in [6.07, 6.45) is 11.7. The Labute approximate surface area is 86.2 Å². The topological polar surface area (TPSA) is 0 Å². The van der Waals surface area contributed by atoms with Crippen LogP contribution in [0.15, 0.2) is 35.7 Å². The Bertz CT molecular complexity index is 258. The quantitative estimate of drug-likeness (QED) is 0.615. The Morgan fingerprint density at radius 3 is 3.00 bits per heavy atom. The Kier molecular flexibility index (Phi) is 4.64. The molecular weight excluding hydrogens is 175 g/mol. The van der Waals surface area contributed by atoms with E-state index in [9.17, 15) is 4.39 Å². The van der Waals surface area contributed by atoms with Gasteiger partial charge in [0.15, 0.2) is 0 Å². The summed E-state index contributed by atoms with van der Waals surface area (Å²) in [5.74, 6) is 0.373. The van der Waals surface area contributed by atoms with Crippen molar-refractivity contribution in [2.24, 2.45) is 5.92 Å². The first-order valence-electron chi connectivity index (χ1n) is 5.47. The van der Waals surface area contributed by atoms with Crippen molar-refractivity contribution in [2.45, 2.75) is 39.5 Å². The van der Waals surface area contributed by atoms with E-state index in [1.54, 1.807) is 12.2 Å². The summed E-state index contributed by atoms with van der Waals surface area (Å²) < 4.78 is 13.1. The predicted octanol–water partition coefficient (Wildman–Crippen LogP) is 4.55. The van der Waals surface area contributed by atoms with E-state index in [4.69, 9.17) is 0 Å². The molecule has 0 saturated heterocycles. The largest absolute Gasteiger partial charge is 0.207 e. The minimum atomic E-state index is -0.114. The zero-order chi connectivity index (χ0) is 10.4. The van der Waals surface area contributed by atoms with Crippen molar-refractivity contribution in [1.82, 2.24) is 0 Å². The summed E-state index contributed by atoms with van der Waals surface area (Å²) >= 11 is 0. The highest BCUT2D eigenvalue weighted by atomic mass is 19.1. The molecule has 0 aromatic carbocycles. The van der Waals surface area contributed by atoms with Gasteiger partial charge in [0.1, 0.15) is 5.83 Å². The van der Waals surface area contributed by atoms with Gasteiger partial charge in [-0.1, -0.05) is 38.8 Å². The molecule has 0 aromatic heterocycles. The lowest BCUT2D eigenvalue weighted by Gasteiger charge is -2.11. The molecule has 0 radical (unpaired) electrons. The molecule has 0 bridgehead atoms. The van der Waals surface area contributed by atoms with Gasteiger partial charge in [0.2, 0.25) is 0 Å². The van der Waals surface area contributed by atoms with Crippen LogP contribution in [0.25, 0.3) is 0 Å². The van der Waals surface area contributed by atoms with E-state index in [0.717, 1.165) is 18.4 Å². The predicted molar refractivity (Wildman–Crippen MR) is 59.7 cm³/mol. The van der Waals surface area contributed by atoms with Crippen molar-refractivity contribution in [2.75, 3.05) is 0 Å². The van der Waals surface area contributed by atoms with Gasteiger partial charge in [-0.25, -0.2) is 4.39 Å². The molecule has 0 N–H and O–H groups in total. The van der Waals surface area contributed by atoms with Crippen LogP contribution in [0.1, 0.15) is 39.5 Å². The third kappa shape index (κ3) is 3.49. The number of allylic oxidation sites excluding steroid dienone is 6. The summed E-state index contributed by atoms with van der Waals surface area (Å²) in [5.41, 5.74) is 1.15. The lowest BCUT2D eigenvalue weighted by Crippen LogP contribution is -1.97. The maximum atomic E-state index is 13.1. The molecule has 0 spiro atoms. The highest BCUT2D eigenvalue weighted by Gasteiger charge is 2.07. The molecule has 1 aliphatic rings. The van der Waals surface area contributed by atoms with Crippen LogP contribution in [0.3, 0.4) is 0 Å². The van der Waals surface area contributed by atoms with Crippen LogP contribution in [-0.2, 0) is 0 Å². The van der Waals surface area contributed by atoms with Crippen LogP contribution in [0, 0.1) is 5.92 Å².